The third-order valence-electron chi connectivity index (χ3n) is 5.29. The van der Waals surface area contributed by atoms with E-state index in [1.165, 1.54) is 11.8 Å². The molecule has 2 heterocycles. The first-order chi connectivity index (χ1) is 15.4. The number of ether oxygens (including phenoxy) is 1. The van der Waals surface area contributed by atoms with E-state index in [2.05, 4.69) is 20.4 Å². The van der Waals surface area contributed by atoms with Crippen molar-refractivity contribution in [2.45, 2.75) is 38.4 Å². The van der Waals surface area contributed by atoms with Gasteiger partial charge in [-0.3, -0.25) is 4.79 Å². The van der Waals surface area contributed by atoms with Crippen LogP contribution in [0.15, 0.2) is 59.8 Å². The van der Waals surface area contributed by atoms with Crippen molar-refractivity contribution in [1.29, 1.82) is 0 Å². The van der Waals surface area contributed by atoms with E-state index in [9.17, 15) is 4.79 Å². The number of amides is 1. The Kier molecular flexibility index (Phi) is 6.41. The van der Waals surface area contributed by atoms with E-state index in [1.54, 1.807) is 4.52 Å². The second-order valence-corrected chi connectivity index (χ2v) is 8.30. The minimum atomic E-state index is -0.139. The first-order valence-electron chi connectivity index (χ1n) is 10.3. The molecule has 0 aliphatic rings. The molecular formula is C24H25N5O2S. The van der Waals surface area contributed by atoms with Crippen molar-refractivity contribution >= 4 is 23.4 Å². The highest BCUT2D eigenvalue weighted by molar-refractivity contribution is 7.98. The average molecular weight is 448 g/mol. The van der Waals surface area contributed by atoms with Crippen molar-refractivity contribution in [3.8, 4) is 11.5 Å². The van der Waals surface area contributed by atoms with E-state index in [4.69, 9.17) is 4.74 Å². The summed E-state index contributed by atoms with van der Waals surface area (Å²) in [6.07, 6.45) is 2.15. The third kappa shape index (κ3) is 4.75. The van der Waals surface area contributed by atoms with Crippen LogP contribution < -0.4 is 10.1 Å². The van der Waals surface area contributed by atoms with E-state index in [1.807, 2.05) is 81.6 Å². The van der Waals surface area contributed by atoms with E-state index in [-0.39, 0.29) is 18.4 Å². The summed E-state index contributed by atoms with van der Waals surface area (Å²) in [5, 5.41) is 8.19. The summed E-state index contributed by atoms with van der Waals surface area (Å²) in [7, 11) is 0. The number of carbonyl (C=O) groups is 1. The number of nitrogens with one attached hydrogen (secondary N) is 1. The molecule has 0 fully saturated rings. The van der Waals surface area contributed by atoms with Gasteiger partial charge >= 0.3 is 0 Å². The van der Waals surface area contributed by atoms with Crippen LogP contribution in [0, 0.1) is 13.8 Å². The van der Waals surface area contributed by atoms with Gasteiger partial charge in [-0.1, -0.05) is 42.1 Å². The van der Waals surface area contributed by atoms with Gasteiger partial charge in [0.25, 0.3) is 5.78 Å². The van der Waals surface area contributed by atoms with E-state index in [0.29, 0.717) is 10.9 Å². The highest BCUT2D eigenvalue weighted by atomic mass is 32.2. The fourth-order valence-corrected chi connectivity index (χ4v) is 3.85. The largest absolute Gasteiger partial charge is 0.457 e. The Labute approximate surface area is 191 Å². The number of aromatic nitrogens is 4. The number of hydrogen-bond donors (Lipinski definition) is 1. The zero-order valence-electron chi connectivity index (χ0n) is 18.5. The van der Waals surface area contributed by atoms with Gasteiger partial charge in [-0.2, -0.15) is 4.98 Å². The second-order valence-electron chi connectivity index (χ2n) is 7.52. The molecule has 0 radical (unpaired) electrons. The molecule has 1 N–H and O–H groups in total. The van der Waals surface area contributed by atoms with Crippen molar-refractivity contribution in [1.82, 2.24) is 24.9 Å². The van der Waals surface area contributed by atoms with Crippen molar-refractivity contribution in [3.63, 3.8) is 0 Å². The standard InChI is InChI=1S/C24H25N5O2S/c1-15(18-10-12-20(13-11-18)31-19-8-6-5-7-9-19)25-22(30)14-21-16(2)26-23-27-24(32-4)28-29(23)17(21)3/h5-13,15H,14H2,1-4H3,(H,25,30). The topological polar surface area (TPSA) is 81.4 Å². The lowest BCUT2D eigenvalue weighted by molar-refractivity contribution is -0.121. The Bertz CT molecular complexity index is 1240. The maximum Gasteiger partial charge on any atom is 0.253 e. The summed E-state index contributed by atoms with van der Waals surface area (Å²) in [4.78, 5) is 21.7. The van der Waals surface area contributed by atoms with Crippen LogP contribution in [0.25, 0.3) is 5.78 Å². The summed E-state index contributed by atoms with van der Waals surface area (Å²) in [6.45, 7) is 5.81. The molecule has 4 rings (SSSR count). The molecule has 1 amide bonds. The zero-order chi connectivity index (χ0) is 22.7. The number of hydrogen-bond acceptors (Lipinski definition) is 6. The van der Waals surface area contributed by atoms with Crippen molar-refractivity contribution in [3.05, 3.63) is 77.1 Å². The van der Waals surface area contributed by atoms with Crippen LogP contribution in [0.5, 0.6) is 11.5 Å². The van der Waals surface area contributed by atoms with Crippen LogP contribution in [-0.4, -0.2) is 31.7 Å². The number of rotatable bonds is 7. The summed E-state index contributed by atoms with van der Waals surface area (Å²) in [5.41, 5.74) is 3.54. The number of carbonyl (C=O) groups excluding carboxylic acids is 1. The minimum absolute atomic E-state index is 0.0698. The van der Waals surface area contributed by atoms with Crippen molar-refractivity contribution in [2.75, 3.05) is 6.26 Å². The molecule has 32 heavy (non-hydrogen) atoms. The lowest BCUT2D eigenvalue weighted by Gasteiger charge is -2.16. The highest BCUT2D eigenvalue weighted by Gasteiger charge is 2.17. The van der Waals surface area contributed by atoms with Crippen molar-refractivity contribution < 1.29 is 9.53 Å². The van der Waals surface area contributed by atoms with Gasteiger partial charge in [0.05, 0.1) is 12.5 Å². The lowest BCUT2D eigenvalue weighted by atomic mass is 10.1. The van der Waals surface area contributed by atoms with Gasteiger partial charge in [0.1, 0.15) is 11.5 Å². The van der Waals surface area contributed by atoms with Crippen LogP contribution in [0.4, 0.5) is 0 Å². The maximum absolute atomic E-state index is 12.8. The number of fused-ring (bicyclic) bond motifs is 1. The van der Waals surface area contributed by atoms with E-state index in [0.717, 1.165) is 34.0 Å². The lowest BCUT2D eigenvalue weighted by Crippen LogP contribution is -2.29. The Balaban J connectivity index is 1.43. The molecule has 0 saturated carbocycles. The number of thioether (sulfide) groups is 1. The van der Waals surface area contributed by atoms with Crippen LogP contribution in [0.1, 0.15) is 35.5 Å². The Morgan fingerprint density at radius 1 is 1.06 bits per heavy atom. The molecule has 7 nitrogen and oxygen atoms in total. The molecule has 1 atom stereocenters. The van der Waals surface area contributed by atoms with Gasteiger partial charge in [-0.05, 0) is 56.9 Å². The average Bonchev–Trinajstić information content (AvgIpc) is 3.21. The van der Waals surface area contributed by atoms with Gasteiger partial charge < -0.3 is 10.1 Å². The molecule has 0 aliphatic heterocycles. The fourth-order valence-electron chi connectivity index (χ4n) is 3.52. The molecule has 8 heteroatoms. The van der Waals surface area contributed by atoms with Gasteiger partial charge in [-0.15, -0.1) is 5.10 Å². The number of para-hydroxylation sites is 1. The quantitative estimate of drug-likeness (QED) is 0.415. The molecule has 2 aromatic heterocycles. The second kappa shape index (κ2) is 9.40. The third-order valence-corrected chi connectivity index (χ3v) is 5.82. The monoisotopic (exact) mass is 447 g/mol. The molecule has 2 aromatic carbocycles. The van der Waals surface area contributed by atoms with Crippen LogP contribution >= 0.6 is 11.8 Å². The number of aryl methyl sites for hydroxylation is 2. The Morgan fingerprint density at radius 2 is 1.75 bits per heavy atom. The summed E-state index contributed by atoms with van der Waals surface area (Å²) in [6, 6.07) is 17.2. The van der Waals surface area contributed by atoms with Crippen molar-refractivity contribution in [2.24, 2.45) is 0 Å². The highest BCUT2D eigenvalue weighted by Crippen LogP contribution is 2.23. The molecule has 1 unspecified atom stereocenters. The predicted octanol–water partition coefficient (Wildman–Crippen LogP) is 4.68. The smallest absolute Gasteiger partial charge is 0.253 e. The number of nitrogens with zero attached hydrogens (tertiary/aromatic N) is 4. The molecule has 0 saturated heterocycles. The van der Waals surface area contributed by atoms with Gasteiger partial charge in [0, 0.05) is 17.0 Å². The van der Waals surface area contributed by atoms with Crippen LogP contribution in [0.2, 0.25) is 0 Å². The first kappa shape index (κ1) is 21.8. The maximum atomic E-state index is 12.8. The van der Waals surface area contributed by atoms with E-state index >= 15 is 0 Å². The zero-order valence-corrected chi connectivity index (χ0v) is 19.3. The minimum Gasteiger partial charge on any atom is -0.457 e. The molecular weight excluding hydrogens is 422 g/mol. The summed E-state index contributed by atoms with van der Waals surface area (Å²) >= 11 is 1.46. The molecule has 0 aliphatic carbocycles. The molecule has 0 spiro atoms. The predicted molar refractivity (Wildman–Crippen MR) is 125 cm³/mol. The first-order valence-corrected chi connectivity index (χ1v) is 11.6. The molecule has 164 valence electrons. The SMILES string of the molecule is CSc1nc2nc(C)c(CC(=O)NC(C)c3ccc(Oc4ccccc4)cc3)c(C)n2n1. The van der Waals surface area contributed by atoms with Crippen LogP contribution in [0.3, 0.4) is 0 Å². The normalized spacial score (nSPS) is 12.0. The molecule has 4 aromatic rings. The summed E-state index contributed by atoms with van der Waals surface area (Å²) < 4.78 is 7.54. The summed E-state index contributed by atoms with van der Waals surface area (Å²) in [5.74, 6) is 2.02. The fraction of sp³-hybridized carbons (Fsp3) is 0.250. The van der Waals surface area contributed by atoms with Gasteiger partial charge in [0.2, 0.25) is 11.1 Å². The van der Waals surface area contributed by atoms with Gasteiger partial charge in [-0.25, -0.2) is 9.50 Å². The molecule has 0 bridgehead atoms. The van der Waals surface area contributed by atoms with Gasteiger partial charge in [0.15, 0.2) is 0 Å². The van der Waals surface area contributed by atoms with Crippen LogP contribution in [-0.2, 0) is 11.2 Å². The van der Waals surface area contributed by atoms with E-state index < -0.39 is 0 Å². The Hall–Kier alpha value is -3.39. The number of benzene rings is 2. The Morgan fingerprint density at radius 3 is 2.44 bits per heavy atom.